The molecule has 0 aromatic carbocycles. The van der Waals surface area contributed by atoms with E-state index in [9.17, 15) is 19.8 Å². The first kappa shape index (κ1) is 41.8. The van der Waals surface area contributed by atoms with Crippen LogP contribution in [0.3, 0.4) is 0 Å². The second-order valence-electron chi connectivity index (χ2n) is 12.0. The van der Waals surface area contributed by atoms with Crippen molar-refractivity contribution in [1.29, 1.82) is 0 Å². The number of aliphatic hydroxyl groups excluding tert-OH is 2. The molecule has 44 heavy (non-hydrogen) atoms. The van der Waals surface area contributed by atoms with Crippen LogP contribution in [0.15, 0.2) is 48.6 Å². The molecule has 0 radical (unpaired) electrons. The third-order valence-electron chi connectivity index (χ3n) is 7.74. The summed E-state index contributed by atoms with van der Waals surface area (Å²) in [6.45, 7) is 6.25. The standard InChI is InChI=1S/C38H66O6/c1-4-6-28-35(40)29-24-20-16-11-9-7-8-10-12-18-22-26-31-38(42)44-36(32-39)33-43-37(41)30-25-21-17-14-13-15-19-23-27-34(3)5-2/h7-8,11-12,16,18,24,29,34-36,39-40H,4-6,9-10,13-15,17,19-23,25-28,30-33H2,1-3H3/b8-7-,16-11-,18-12-,29-24-/t34?,35-,36+/m1/s1. The number of carbonyl (C=O) groups excluding carboxylic acids is 2. The van der Waals surface area contributed by atoms with E-state index in [1.54, 1.807) is 0 Å². The molecule has 6 heteroatoms. The highest BCUT2D eigenvalue weighted by atomic mass is 16.6. The number of esters is 2. The van der Waals surface area contributed by atoms with E-state index in [0.29, 0.717) is 12.8 Å². The molecule has 254 valence electrons. The number of ether oxygens (including phenoxy) is 2. The lowest BCUT2D eigenvalue weighted by atomic mass is 9.99. The molecule has 0 saturated heterocycles. The van der Waals surface area contributed by atoms with E-state index in [2.05, 4.69) is 57.2 Å². The van der Waals surface area contributed by atoms with Gasteiger partial charge in [0.1, 0.15) is 6.61 Å². The third kappa shape index (κ3) is 29.9. The van der Waals surface area contributed by atoms with Gasteiger partial charge in [-0.3, -0.25) is 9.59 Å². The normalized spacial score (nSPS) is 14.2. The third-order valence-corrected chi connectivity index (χ3v) is 7.74. The summed E-state index contributed by atoms with van der Waals surface area (Å²) < 4.78 is 10.5. The topological polar surface area (TPSA) is 93.1 Å². The molecular formula is C38H66O6. The first-order valence-electron chi connectivity index (χ1n) is 17.7. The molecule has 0 aliphatic carbocycles. The number of unbranched alkanes of at least 4 members (excludes halogenated alkanes) is 9. The van der Waals surface area contributed by atoms with E-state index in [0.717, 1.165) is 70.1 Å². The Kier molecular flexibility index (Phi) is 30.6. The molecule has 0 fully saturated rings. The first-order valence-corrected chi connectivity index (χ1v) is 17.7. The zero-order valence-electron chi connectivity index (χ0n) is 28.4. The number of allylic oxidation sites excluding steroid dienone is 7. The monoisotopic (exact) mass is 618 g/mol. The molecule has 1 unspecified atom stereocenters. The molecule has 0 aromatic rings. The van der Waals surface area contributed by atoms with Crippen molar-refractivity contribution < 1.29 is 29.3 Å². The molecule has 0 bridgehead atoms. The summed E-state index contributed by atoms with van der Waals surface area (Å²) in [4.78, 5) is 24.1. The van der Waals surface area contributed by atoms with E-state index >= 15 is 0 Å². The highest BCUT2D eigenvalue weighted by molar-refractivity contribution is 5.70. The fourth-order valence-electron chi connectivity index (χ4n) is 4.60. The van der Waals surface area contributed by atoms with E-state index < -0.39 is 6.10 Å². The summed E-state index contributed by atoms with van der Waals surface area (Å²) >= 11 is 0. The van der Waals surface area contributed by atoms with Crippen LogP contribution in [0.1, 0.15) is 149 Å². The average Bonchev–Trinajstić information content (AvgIpc) is 3.02. The van der Waals surface area contributed by atoms with Crippen molar-refractivity contribution in [2.24, 2.45) is 5.92 Å². The lowest BCUT2D eigenvalue weighted by Gasteiger charge is -2.15. The van der Waals surface area contributed by atoms with Crippen LogP contribution in [0, 0.1) is 5.92 Å². The van der Waals surface area contributed by atoms with E-state index in [1.165, 1.54) is 44.9 Å². The first-order chi connectivity index (χ1) is 21.4. The predicted octanol–water partition coefficient (Wildman–Crippen LogP) is 9.50. The van der Waals surface area contributed by atoms with Gasteiger partial charge >= 0.3 is 11.9 Å². The maximum atomic E-state index is 12.1. The fraction of sp³-hybridized carbons (Fsp3) is 0.737. The minimum Gasteiger partial charge on any atom is -0.462 e. The van der Waals surface area contributed by atoms with Crippen LogP contribution in [-0.2, 0) is 19.1 Å². The zero-order chi connectivity index (χ0) is 32.5. The van der Waals surface area contributed by atoms with Gasteiger partial charge in [0.2, 0.25) is 0 Å². The number of hydrogen-bond donors (Lipinski definition) is 2. The van der Waals surface area contributed by atoms with Crippen LogP contribution < -0.4 is 0 Å². The Labute approximate surface area is 270 Å². The van der Waals surface area contributed by atoms with Crippen LogP contribution in [0.25, 0.3) is 0 Å². The van der Waals surface area contributed by atoms with Gasteiger partial charge in [0.15, 0.2) is 6.10 Å². The van der Waals surface area contributed by atoms with Crippen molar-refractivity contribution in [2.45, 2.75) is 161 Å². The van der Waals surface area contributed by atoms with E-state index in [1.807, 2.05) is 12.2 Å². The molecular weight excluding hydrogens is 552 g/mol. The highest BCUT2D eigenvalue weighted by Gasteiger charge is 2.16. The minimum atomic E-state index is -0.810. The highest BCUT2D eigenvalue weighted by Crippen LogP contribution is 2.15. The molecule has 0 amide bonds. The van der Waals surface area contributed by atoms with E-state index in [4.69, 9.17) is 9.47 Å². The van der Waals surface area contributed by atoms with E-state index in [-0.39, 0.29) is 37.7 Å². The van der Waals surface area contributed by atoms with Gasteiger partial charge in [0.05, 0.1) is 12.7 Å². The molecule has 0 rings (SSSR count). The van der Waals surface area contributed by atoms with Gasteiger partial charge in [-0.2, -0.15) is 0 Å². The van der Waals surface area contributed by atoms with Gasteiger partial charge in [-0.05, 0) is 50.9 Å². The predicted molar refractivity (Wildman–Crippen MR) is 183 cm³/mol. The lowest BCUT2D eigenvalue weighted by molar-refractivity contribution is -0.161. The Morgan fingerprint density at radius 2 is 1.25 bits per heavy atom. The molecule has 0 aliphatic rings. The van der Waals surface area contributed by atoms with Gasteiger partial charge in [-0.1, -0.05) is 140 Å². The molecule has 0 spiro atoms. The Morgan fingerprint density at radius 3 is 1.86 bits per heavy atom. The molecule has 0 saturated carbocycles. The Hall–Kier alpha value is -2.18. The maximum absolute atomic E-state index is 12.1. The largest absolute Gasteiger partial charge is 0.462 e. The van der Waals surface area contributed by atoms with Gasteiger partial charge in [-0.15, -0.1) is 0 Å². The van der Waals surface area contributed by atoms with Gasteiger partial charge < -0.3 is 19.7 Å². The average molecular weight is 619 g/mol. The van der Waals surface area contributed by atoms with Crippen molar-refractivity contribution in [3.05, 3.63) is 48.6 Å². The van der Waals surface area contributed by atoms with Crippen LogP contribution in [0.2, 0.25) is 0 Å². The summed E-state index contributed by atoms with van der Waals surface area (Å²) in [7, 11) is 0. The fourth-order valence-corrected chi connectivity index (χ4v) is 4.60. The second kappa shape index (κ2) is 32.2. The SMILES string of the molecule is CCCC[C@@H](O)/C=C\C/C=C\C/C=C\C/C=C\CCCC(=O)O[C@@H](CO)COC(=O)CCCCCCCCCCC(C)CC. The van der Waals surface area contributed by atoms with Crippen LogP contribution in [-0.4, -0.2) is 47.6 Å². The number of carbonyl (C=O) groups is 2. The molecule has 0 heterocycles. The summed E-state index contributed by atoms with van der Waals surface area (Å²) in [6, 6.07) is 0. The van der Waals surface area contributed by atoms with Crippen LogP contribution >= 0.6 is 0 Å². The second-order valence-corrected chi connectivity index (χ2v) is 12.0. The molecule has 0 aliphatic heterocycles. The Morgan fingerprint density at radius 1 is 0.682 bits per heavy atom. The molecule has 6 nitrogen and oxygen atoms in total. The molecule has 0 aromatic heterocycles. The summed E-state index contributed by atoms with van der Waals surface area (Å²) in [6.07, 6.45) is 35.0. The summed E-state index contributed by atoms with van der Waals surface area (Å²) in [5.41, 5.74) is 0. The van der Waals surface area contributed by atoms with Crippen LogP contribution in [0.5, 0.6) is 0 Å². The van der Waals surface area contributed by atoms with Gasteiger partial charge in [0.25, 0.3) is 0 Å². The number of aliphatic hydroxyl groups is 2. The Balaban J connectivity index is 3.76. The van der Waals surface area contributed by atoms with Crippen LogP contribution in [0.4, 0.5) is 0 Å². The molecule has 2 N–H and O–H groups in total. The zero-order valence-corrected chi connectivity index (χ0v) is 28.4. The Bertz CT molecular complexity index is 784. The number of hydrogen-bond acceptors (Lipinski definition) is 6. The minimum absolute atomic E-state index is 0.0992. The van der Waals surface area contributed by atoms with Crippen molar-refractivity contribution in [3.63, 3.8) is 0 Å². The summed E-state index contributed by atoms with van der Waals surface area (Å²) in [5.74, 6) is 0.165. The molecule has 3 atom stereocenters. The number of rotatable bonds is 30. The quantitative estimate of drug-likeness (QED) is 0.0473. The van der Waals surface area contributed by atoms with Gasteiger partial charge in [-0.25, -0.2) is 0 Å². The van der Waals surface area contributed by atoms with Crippen molar-refractivity contribution >= 4 is 11.9 Å². The lowest BCUT2D eigenvalue weighted by Crippen LogP contribution is -2.28. The summed E-state index contributed by atoms with van der Waals surface area (Å²) in [5, 5.41) is 19.3. The van der Waals surface area contributed by atoms with Crippen molar-refractivity contribution in [3.8, 4) is 0 Å². The van der Waals surface area contributed by atoms with Gasteiger partial charge in [0, 0.05) is 12.8 Å². The van der Waals surface area contributed by atoms with Crippen molar-refractivity contribution in [2.75, 3.05) is 13.2 Å². The maximum Gasteiger partial charge on any atom is 0.306 e. The van der Waals surface area contributed by atoms with Crippen molar-refractivity contribution in [1.82, 2.24) is 0 Å². The smallest absolute Gasteiger partial charge is 0.306 e.